The lowest BCUT2D eigenvalue weighted by atomic mass is 10.2. The second-order valence-corrected chi connectivity index (χ2v) is 7.90. The van der Waals surface area contributed by atoms with Crippen LogP contribution in [0.1, 0.15) is 35.7 Å². The van der Waals surface area contributed by atoms with E-state index < -0.39 is 19.8 Å². The summed E-state index contributed by atoms with van der Waals surface area (Å²) in [6, 6.07) is 13.1. The number of rotatable bonds is 11. The Balaban J connectivity index is 1.97. The third-order valence-electron chi connectivity index (χ3n) is 4.13. The molecule has 0 bridgehead atoms. The average molecular weight is 418 g/mol. The highest BCUT2D eigenvalue weighted by molar-refractivity contribution is 7.40. The summed E-state index contributed by atoms with van der Waals surface area (Å²) >= 11 is 0. The van der Waals surface area contributed by atoms with Crippen LogP contribution in [-0.2, 0) is 32.1 Å². The van der Waals surface area contributed by atoms with Crippen LogP contribution < -0.4 is 9.88 Å². The van der Waals surface area contributed by atoms with Gasteiger partial charge in [-0.2, -0.15) is 0 Å². The fourth-order valence-corrected chi connectivity index (χ4v) is 3.68. The molecule has 8 heteroatoms. The molecule has 0 saturated heterocycles. The van der Waals surface area contributed by atoms with Gasteiger partial charge in [0.15, 0.2) is 12.4 Å². The monoisotopic (exact) mass is 418 g/mol. The van der Waals surface area contributed by atoms with E-state index in [-0.39, 0.29) is 32.0 Å². The summed E-state index contributed by atoms with van der Waals surface area (Å²) in [6.45, 7) is 2.25. The largest absolute Gasteiger partial charge is 0.533 e. The van der Waals surface area contributed by atoms with E-state index in [9.17, 15) is 14.2 Å². The smallest absolute Gasteiger partial charge is 0.466 e. The number of esters is 1. The highest BCUT2D eigenvalue weighted by atomic mass is 31.1. The standard InChI is InChI=1S/C21H26N2O5P/c1-3-27-20(24)12-11-19(22-21(25)18-10-7-14-23(2)16-18)29(26)28-15-13-17-8-5-4-6-9-17/h4-10,14,16,19H,3,11-13,15H2,1-2H3/q+1/p+1. The number of amides is 1. The molecule has 0 aliphatic carbocycles. The van der Waals surface area contributed by atoms with Crippen molar-refractivity contribution in [2.45, 2.75) is 32.0 Å². The predicted octanol–water partition coefficient (Wildman–Crippen LogP) is 2.91. The van der Waals surface area contributed by atoms with Gasteiger partial charge in [0.05, 0.1) is 13.0 Å². The second kappa shape index (κ2) is 12.0. The van der Waals surface area contributed by atoms with Crippen molar-refractivity contribution in [1.29, 1.82) is 0 Å². The Bertz CT molecular complexity index is 829. The first-order valence-corrected chi connectivity index (χ1v) is 10.8. The molecule has 2 unspecified atom stereocenters. The first kappa shape index (κ1) is 22.7. The number of benzene rings is 1. The van der Waals surface area contributed by atoms with Crippen LogP contribution in [0.5, 0.6) is 0 Å². The van der Waals surface area contributed by atoms with Gasteiger partial charge in [-0.1, -0.05) is 30.3 Å². The summed E-state index contributed by atoms with van der Waals surface area (Å²) in [6.07, 6.45) is 4.30. The molecule has 2 aromatic rings. The van der Waals surface area contributed by atoms with E-state index in [1.807, 2.05) is 43.6 Å². The molecule has 0 aliphatic heterocycles. The summed E-state index contributed by atoms with van der Waals surface area (Å²) < 4.78 is 24.9. The molecule has 1 aromatic carbocycles. The van der Waals surface area contributed by atoms with Gasteiger partial charge in [-0.3, -0.25) is 9.59 Å². The first-order valence-electron chi connectivity index (χ1n) is 9.54. The fraction of sp³-hybridized carbons (Fsp3) is 0.381. The topological polar surface area (TPSA) is 85.6 Å². The van der Waals surface area contributed by atoms with Crippen LogP contribution in [-0.4, -0.2) is 30.9 Å². The van der Waals surface area contributed by atoms with Crippen LogP contribution in [0.4, 0.5) is 0 Å². The fourth-order valence-electron chi connectivity index (χ4n) is 2.66. The van der Waals surface area contributed by atoms with Gasteiger partial charge in [-0.15, -0.1) is 4.52 Å². The lowest BCUT2D eigenvalue weighted by Crippen LogP contribution is -2.36. The van der Waals surface area contributed by atoms with Crippen molar-refractivity contribution in [1.82, 2.24) is 5.32 Å². The summed E-state index contributed by atoms with van der Waals surface area (Å²) in [5, 5.41) is 2.74. The number of nitrogens with zero attached hydrogens (tertiary/aromatic N) is 1. The van der Waals surface area contributed by atoms with E-state index in [4.69, 9.17) is 9.26 Å². The number of nitrogens with one attached hydrogen (secondary N) is 1. The molecule has 2 atom stereocenters. The van der Waals surface area contributed by atoms with Crippen molar-refractivity contribution in [3.63, 3.8) is 0 Å². The summed E-state index contributed by atoms with van der Waals surface area (Å²) in [5.74, 6) is -1.56. The summed E-state index contributed by atoms with van der Waals surface area (Å²) in [4.78, 5) is 24.2. The van der Waals surface area contributed by atoms with Crippen LogP contribution in [0, 0.1) is 0 Å². The van der Waals surface area contributed by atoms with E-state index in [0.29, 0.717) is 12.0 Å². The Hall–Kier alpha value is -2.63. The van der Waals surface area contributed by atoms with Gasteiger partial charge in [0.25, 0.3) is 11.7 Å². The zero-order chi connectivity index (χ0) is 21.1. The molecule has 1 N–H and O–H groups in total. The minimum atomic E-state index is -2.21. The van der Waals surface area contributed by atoms with E-state index in [2.05, 4.69) is 5.32 Å². The van der Waals surface area contributed by atoms with Crippen molar-refractivity contribution in [3.8, 4) is 0 Å². The molecule has 0 fully saturated rings. The molecule has 1 heterocycles. The molecule has 2 rings (SSSR count). The van der Waals surface area contributed by atoms with E-state index >= 15 is 0 Å². The molecular formula is C21H27N2O5P+2. The third kappa shape index (κ3) is 8.10. The van der Waals surface area contributed by atoms with Gasteiger partial charge in [0, 0.05) is 18.9 Å². The van der Waals surface area contributed by atoms with Gasteiger partial charge in [-0.05, 0) is 23.1 Å². The SMILES string of the molecule is CCOC(=O)CCC(NC(=O)c1ccc[n+](C)c1)[P+](=O)OCCc1ccccc1. The molecule has 0 radical (unpaired) electrons. The summed E-state index contributed by atoms with van der Waals surface area (Å²) in [7, 11) is -0.400. The van der Waals surface area contributed by atoms with Crippen molar-refractivity contribution in [2.24, 2.45) is 7.05 Å². The molecule has 1 aromatic heterocycles. The summed E-state index contributed by atoms with van der Waals surface area (Å²) in [5.41, 5.74) is 1.50. The highest BCUT2D eigenvalue weighted by Gasteiger charge is 2.35. The molecule has 7 nitrogen and oxygen atoms in total. The average Bonchev–Trinajstić information content (AvgIpc) is 2.71. The van der Waals surface area contributed by atoms with Crippen LogP contribution in [0.25, 0.3) is 0 Å². The lowest BCUT2D eigenvalue weighted by Gasteiger charge is -2.09. The zero-order valence-electron chi connectivity index (χ0n) is 16.7. The number of hydrogen-bond acceptors (Lipinski definition) is 5. The van der Waals surface area contributed by atoms with Crippen LogP contribution >= 0.6 is 8.03 Å². The minimum Gasteiger partial charge on any atom is -0.466 e. The Kier molecular flexibility index (Phi) is 9.41. The molecule has 1 amide bonds. The van der Waals surface area contributed by atoms with Crippen molar-refractivity contribution >= 4 is 19.9 Å². The Labute approximate surface area is 171 Å². The van der Waals surface area contributed by atoms with Gasteiger partial charge in [0.1, 0.15) is 19.2 Å². The van der Waals surface area contributed by atoms with Crippen molar-refractivity contribution in [3.05, 3.63) is 66.0 Å². The third-order valence-corrected chi connectivity index (χ3v) is 5.47. The molecule has 0 spiro atoms. The first-order chi connectivity index (χ1) is 14.0. The van der Waals surface area contributed by atoms with Crippen LogP contribution in [0.3, 0.4) is 0 Å². The lowest BCUT2D eigenvalue weighted by molar-refractivity contribution is -0.671. The Morgan fingerprint density at radius 1 is 1.17 bits per heavy atom. The zero-order valence-corrected chi connectivity index (χ0v) is 17.6. The number of carbonyl (C=O) groups is 2. The van der Waals surface area contributed by atoms with Gasteiger partial charge in [0.2, 0.25) is 0 Å². The van der Waals surface area contributed by atoms with Crippen molar-refractivity contribution < 1.29 is 28.0 Å². The second-order valence-electron chi connectivity index (χ2n) is 6.45. The molecule has 0 saturated carbocycles. The number of hydrogen-bond donors (Lipinski definition) is 1. The Morgan fingerprint density at radius 3 is 2.62 bits per heavy atom. The van der Waals surface area contributed by atoms with Gasteiger partial charge >= 0.3 is 14.0 Å². The van der Waals surface area contributed by atoms with Crippen LogP contribution in [0.2, 0.25) is 0 Å². The number of aromatic nitrogens is 1. The minimum absolute atomic E-state index is 0.0461. The quantitative estimate of drug-likeness (QED) is 0.345. The van der Waals surface area contributed by atoms with E-state index in [0.717, 1.165) is 5.56 Å². The van der Waals surface area contributed by atoms with E-state index in [1.54, 1.807) is 29.8 Å². The van der Waals surface area contributed by atoms with Gasteiger partial charge in [-0.25, -0.2) is 4.57 Å². The van der Waals surface area contributed by atoms with Gasteiger partial charge < -0.3 is 10.1 Å². The maximum atomic E-state index is 12.7. The normalized spacial score (nSPS) is 12.1. The maximum absolute atomic E-state index is 12.7. The maximum Gasteiger partial charge on any atom is 0.533 e. The number of ether oxygens (including phenoxy) is 1. The number of aryl methyl sites for hydroxylation is 1. The van der Waals surface area contributed by atoms with E-state index in [1.165, 1.54) is 0 Å². The molecular weight excluding hydrogens is 391 g/mol. The van der Waals surface area contributed by atoms with Crippen LogP contribution in [0.15, 0.2) is 54.9 Å². The molecule has 154 valence electrons. The van der Waals surface area contributed by atoms with Crippen molar-refractivity contribution in [2.75, 3.05) is 13.2 Å². The Morgan fingerprint density at radius 2 is 1.93 bits per heavy atom. The highest BCUT2D eigenvalue weighted by Crippen LogP contribution is 2.31. The number of carbonyl (C=O) groups excluding carboxylic acids is 2. The molecule has 29 heavy (non-hydrogen) atoms. The predicted molar refractivity (Wildman–Crippen MR) is 108 cm³/mol. The number of pyridine rings is 1. The molecule has 0 aliphatic rings.